The minimum absolute atomic E-state index is 0.0258. The highest BCUT2D eigenvalue weighted by Crippen LogP contribution is 2.29. The smallest absolute Gasteiger partial charge is 0.393 e. The number of furan rings is 1. The van der Waals surface area contributed by atoms with Crippen LogP contribution in [-0.4, -0.2) is 42.4 Å². The molecule has 8 nitrogen and oxygen atoms in total. The standard InChI is InChI=1S/C33H28ClNO7/c1-39-28-5-3-4-22(16-28)20-35(29(32(37)40-2)17-21-6-14-27(36)15-7-21)42-33(38)31-19-25-9-8-24(18-30(25)41-31)23-10-12-26(34)13-11-23/h3-16,18-19,29,36H,17,20H2,1-2H3/t29-/m0/s1. The minimum Gasteiger partial charge on any atom is -0.508 e. The van der Waals surface area contributed by atoms with Crippen LogP contribution in [0.4, 0.5) is 0 Å². The third-order valence-corrected chi connectivity index (χ3v) is 7.01. The molecule has 9 heteroatoms. The van der Waals surface area contributed by atoms with E-state index in [9.17, 15) is 14.7 Å². The lowest BCUT2D eigenvalue weighted by Crippen LogP contribution is -2.44. The summed E-state index contributed by atoms with van der Waals surface area (Å²) in [6.07, 6.45) is 0.148. The maximum atomic E-state index is 13.5. The van der Waals surface area contributed by atoms with Gasteiger partial charge in [0.1, 0.15) is 23.1 Å². The fraction of sp³-hybridized carbons (Fsp3) is 0.152. The Kier molecular flexibility index (Phi) is 8.76. The van der Waals surface area contributed by atoms with E-state index in [1.807, 2.05) is 36.4 Å². The quantitative estimate of drug-likeness (QED) is 0.141. The summed E-state index contributed by atoms with van der Waals surface area (Å²) in [7, 11) is 2.83. The number of benzene rings is 4. The van der Waals surface area contributed by atoms with Crippen LogP contribution in [0.15, 0.2) is 101 Å². The van der Waals surface area contributed by atoms with Crippen molar-refractivity contribution in [3.63, 3.8) is 0 Å². The molecular weight excluding hydrogens is 558 g/mol. The Morgan fingerprint density at radius 1 is 0.881 bits per heavy atom. The Balaban J connectivity index is 1.45. The number of carbonyl (C=O) groups is 2. The minimum atomic E-state index is -1.00. The van der Waals surface area contributed by atoms with Crippen molar-refractivity contribution >= 4 is 34.5 Å². The molecule has 1 heterocycles. The maximum absolute atomic E-state index is 13.5. The second-order valence-corrected chi connectivity index (χ2v) is 10.0. The molecule has 0 fully saturated rings. The van der Waals surface area contributed by atoms with Crippen molar-refractivity contribution in [2.24, 2.45) is 0 Å². The van der Waals surface area contributed by atoms with Crippen LogP contribution in [0.3, 0.4) is 0 Å². The highest BCUT2D eigenvalue weighted by molar-refractivity contribution is 6.30. The molecule has 1 N–H and O–H groups in total. The largest absolute Gasteiger partial charge is 0.508 e. The molecule has 0 bridgehead atoms. The SMILES string of the molecule is COC(=O)[C@H](Cc1ccc(O)cc1)N(Cc1cccc(OC)c1)OC(=O)c1cc2ccc(-c3ccc(Cl)cc3)cc2o1. The molecule has 0 spiro atoms. The molecule has 0 aliphatic carbocycles. The van der Waals surface area contributed by atoms with Crippen LogP contribution < -0.4 is 4.74 Å². The van der Waals surface area contributed by atoms with Crippen LogP contribution in [0.2, 0.25) is 5.02 Å². The van der Waals surface area contributed by atoms with Crippen molar-refractivity contribution in [1.82, 2.24) is 5.06 Å². The summed E-state index contributed by atoms with van der Waals surface area (Å²) in [5.74, 6) is -0.697. The maximum Gasteiger partial charge on any atom is 0.393 e. The fourth-order valence-electron chi connectivity index (χ4n) is 4.56. The van der Waals surface area contributed by atoms with Gasteiger partial charge in [0, 0.05) is 16.8 Å². The Morgan fingerprint density at radius 3 is 2.33 bits per heavy atom. The number of carbonyl (C=O) groups excluding carboxylic acids is 2. The molecule has 1 atom stereocenters. The van der Waals surface area contributed by atoms with Crippen LogP contribution in [0, 0.1) is 0 Å². The normalized spacial score (nSPS) is 11.8. The van der Waals surface area contributed by atoms with E-state index in [1.54, 1.807) is 55.6 Å². The molecule has 1 aromatic heterocycles. The lowest BCUT2D eigenvalue weighted by molar-refractivity contribution is -0.178. The fourth-order valence-corrected chi connectivity index (χ4v) is 4.68. The Labute approximate surface area is 247 Å². The molecule has 5 rings (SSSR count). The van der Waals surface area contributed by atoms with Gasteiger partial charge in [0.25, 0.3) is 0 Å². The Hall–Kier alpha value is -4.79. The van der Waals surface area contributed by atoms with E-state index in [0.717, 1.165) is 22.3 Å². The summed E-state index contributed by atoms with van der Waals surface area (Å²) in [5, 5.41) is 12.3. The van der Waals surface area contributed by atoms with Crippen molar-refractivity contribution in [2.45, 2.75) is 19.0 Å². The van der Waals surface area contributed by atoms with Gasteiger partial charge in [-0.3, -0.25) is 4.79 Å². The number of phenols is 1. The van der Waals surface area contributed by atoms with E-state index in [-0.39, 0.29) is 24.5 Å². The lowest BCUT2D eigenvalue weighted by Gasteiger charge is -2.28. The summed E-state index contributed by atoms with van der Waals surface area (Å²) in [6, 6.07) is 27.3. The molecule has 0 radical (unpaired) electrons. The molecule has 4 aromatic carbocycles. The molecule has 0 unspecified atom stereocenters. The zero-order chi connectivity index (χ0) is 29.6. The number of halogens is 1. The Bertz CT molecular complexity index is 1700. The second kappa shape index (κ2) is 12.8. The molecule has 0 saturated carbocycles. The first-order valence-corrected chi connectivity index (χ1v) is 13.5. The molecule has 0 amide bonds. The zero-order valence-electron chi connectivity index (χ0n) is 23.0. The highest BCUT2D eigenvalue weighted by Gasteiger charge is 2.32. The summed E-state index contributed by atoms with van der Waals surface area (Å²) >= 11 is 6.02. The molecule has 0 aliphatic rings. The predicted octanol–water partition coefficient (Wildman–Crippen LogP) is 6.83. The number of methoxy groups -OCH3 is 2. The van der Waals surface area contributed by atoms with Crippen LogP contribution in [0.1, 0.15) is 21.7 Å². The van der Waals surface area contributed by atoms with Crippen LogP contribution in [-0.2, 0) is 27.3 Å². The zero-order valence-corrected chi connectivity index (χ0v) is 23.7. The van der Waals surface area contributed by atoms with Crippen molar-refractivity contribution in [3.05, 3.63) is 119 Å². The monoisotopic (exact) mass is 585 g/mol. The average Bonchev–Trinajstić information content (AvgIpc) is 3.44. The second-order valence-electron chi connectivity index (χ2n) is 9.59. The van der Waals surface area contributed by atoms with Gasteiger partial charge in [-0.05, 0) is 70.8 Å². The van der Waals surface area contributed by atoms with E-state index in [1.165, 1.54) is 24.3 Å². The number of aromatic hydroxyl groups is 1. The summed E-state index contributed by atoms with van der Waals surface area (Å²) < 4.78 is 16.3. The molecule has 0 aliphatic heterocycles. The average molecular weight is 586 g/mol. The van der Waals surface area contributed by atoms with Crippen LogP contribution in [0.25, 0.3) is 22.1 Å². The van der Waals surface area contributed by atoms with Gasteiger partial charge in [-0.15, -0.1) is 5.06 Å². The molecular formula is C33H28ClNO7. The summed E-state index contributed by atoms with van der Waals surface area (Å²) in [5.41, 5.74) is 3.81. The number of rotatable bonds is 10. The van der Waals surface area contributed by atoms with Crippen molar-refractivity contribution in [1.29, 1.82) is 0 Å². The molecule has 5 aromatic rings. The number of ether oxygens (including phenoxy) is 2. The lowest BCUT2D eigenvalue weighted by atomic mass is 10.0. The van der Waals surface area contributed by atoms with Gasteiger partial charge in [-0.2, -0.15) is 0 Å². The summed E-state index contributed by atoms with van der Waals surface area (Å²) in [4.78, 5) is 32.3. The van der Waals surface area contributed by atoms with Gasteiger partial charge in [0.05, 0.1) is 20.8 Å². The summed E-state index contributed by atoms with van der Waals surface area (Å²) in [6.45, 7) is 0.0573. The first kappa shape index (κ1) is 28.7. The van der Waals surface area contributed by atoms with E-state index >= 15 is 0 Å². The predicted molar refractivity (Wildman–Crippen MR) is 158 cm³/mol. The third-order valence-electron chi connectivity index (χ3n) is 6.76. The van der Waals surface area contributed by atoms with E-state index < -0.39 is 18.0 Å². The first-order chi connectivity index (χ1) is 20.3. The van der Waals surface area contributed by atoms with Crippen LogP contribution in [0.5, 0.6) is 11.5 Å². The van der Waals surface area contributed by atoms with Gasteiger partial charge in [0.15, 0.2) is 0 Å². The van der Waals surface area contributed by atoms with Crippen molar-refractivity contribution < 1.29 is 33.4 Å². The van der Waals surface area contributed by atoms with Crippen molar-refractivity contribution in [2.75, 3.05) is 14.2 Å². The topological polar surface area (TPSA) is 98.4 Å². The number of esters is 1. The van der Waals surface area contributed by atoms with E-state index in [4.69, 9.17) is 30.3 Å². The van der Waals surface area contributed by atoms with Gasteiger partial charge in [0.2, 0.25) is 5.76 Å². The molecule has 0 saturated heterocycles. The number of hydrogen-bond donors (Lipinski definition) is 1. The van der Waals surface area contributed by atoms with Crippen molar-refractivity contribution in [3.8, 4) is 22.6 Å². The number of phenolic OH excluding ortho intramolecular Hbond substituents is 1. The number of fused-ring (bicyclic) bond motifs is 1. The molecule has 42 heavy (non-hydrogen) atoms. The third kappa shape index (κ3) is 6.74. The van der Waals surface area contributed by atoms with Crippen LogP contribution >= 0.6 is 11.6 Å². The number of hydrogen-bond acceptors (Lipinski definition) is 8. The number of nitrogens with zero attached hydrogens (tertiary/aromatic N) is 1. The van der Waals surface area contributed by atoms with Gasteiger partial charge < -0.3 is 23.8 Å². The van der Waals surface area contributed by atoms with Gasteiger partial charge in [-0.25, -0.2) is 4.79 Å². The van der Waals surface area contributed by atoms with E-state index in [0.29, 0.717) is 21.7 Å². The highest BCUT2D eigenvalue weighted by atomic mass is 35.5. The van der Waals surface area contributed by atoms with E-state index in [2.05, 4.69) is 0 Å². The molecule has 214 valence electrons. The van der Waals surface area contributed by atoms with Gasteiger partial charge >= 0.3 is 11.9 Å². The Morgan fingerprint density at radius 2 is 1.62 bits per heavy atom. The first-order valence-electron chi connectivity index (χ1n) is 13.1. The number of hydroxylamine groups is 2. The van der Waals surface area contributed by atoms with Gasteiger partial charge in [-0.1, -0.05) is 60.1 Å².